The van der Waals surface area contributed by atoms with E-state index in [2.05, 4.69) is 60.3 Å². The van der Waals surface area contributed by atoms with Crippen LogP contribution in [0.2, 0.25) is 0 Å². The van der Waals surface area contributed by atoms with Crippen LogP contribution in [-0.2, 0) is 13.6 Å². The lowest BCUT2D eigenvalue weighted by Crippen LogP contribution is -2.42. The van der Waals surface area contributed by atoms with Crippen molar-refractivity contribution in [3.8, 4) is 0 Å². The Morgan fingerprint density at radius 3 is 2.79 bits per heavy atom. The van der Waals surface area contributed by atoms with E-state index in [9.17, 15) is 0 Å². The third kappa shape index (κ3) is 3.87. The van der Waals surface area contributed by atoms with Gasteiger partial charge in [0.2, 0.25) is 0 Å². The smallest absolute Gasteiger partial charge is 0.0555 e. The molecule has 0 bridgehead atoms. The largest absolute Gasteiger partial charge is 0.304 e. The fraction of sp³-hybridized carbons (Fsp3) is 0.667. The Balaban J connectivity index is 1.62. The number of hydrogen-bond acceptors (Lipinski definition) is 4. The third-order valence-corrected chi connectivity index (χ3v) is 5.19. The molecule has 3 heterocycles. The lowest BCUT2D eigenvalue weighted by molar-refractivity contribution is 0.0879. The molecule has 1 aliphatic heterocycles. The summed E-state index contributed by atoms with van der Waals surface area (Å²) in [6.07, 6.45) is 8.51. The number of aryl methyl sites for hydroxylation is 2. The number of likely N-dealkylation sites (N-methyl/N-ethyl adjacent to an activating group) is 1. The van der Waals surface area contributed by atoms with Crippen molar-refractivity contribution in [1.82, 2.24) is 29.4 Å². The van der Waals surface area contributed by atoms with E-state index in [-0.39, 0.29) is 0 Å². The van der Waals surface area contributed by atoms with E-state index in [0.717, 1.165) is 19.6 Å². The van der Waals surface area contributed by atoms with Crippen LogP contribution >= 0.6 is 0 Å². The quantitative estimate of drug-likeness (QED) is 0.812. The number of nitrogens with zero attached hydrogens (tertiary/aromatic N) is 6. The van der Waals surface area contributed by atoms with Crippen molar-refractivity contribution >= 4 is 0 Å². The van der Waals surface area contributed by atoms with E-state index in [1.807, 2.05) is 21.8 Å². The van der Waals surface area contributed by atoms with Gasteiger partial charge in [-0.05, 0) is 58.0 Å². The highest BCUT2D eigenvalue weighted by molar-refractivity contribution is 5.10. The minimum Gasteiger partial charge on any atom is -0.304 e. The summed E-state index contributed by atoms with van der Waals surface area (Å²) >= 11 is 0. The topological polar surface area (TPSA) is 42.1 Å². The maximum atomic E-state index is 4.38. The van der Waals surface area contributed by atoms with Gasteiger partial charge in [0.1, 0.15) is 0 Å². The molecule has 6 nitrogen and oxygen atoms in total. The van der Waals surface area contributed by atoms with Gasteiger partial charge in [-0.1, -0.05) is 0 Å². The van der Waals surface area contributed by atoms with Crippen LogP contribution in [0.3, 0.4) is 0 Å². The molecule has 24 heavy (non-hydrogen) atoms. The van der Waals surface area contributed by atoms with Gasteiger partial charge in [-0.2, -0.15) is 10.2 Å². The first kappa shape index (κ1) is 17.2. The van der Waals surface area contributed by atoms with Crippen molar-refractivity contribution in [1.29, 1.82) is 0 Å². The van der Waals surface area contributed by atoms with Crippen molar-refractivity contribution in [2.24, 2.45) is 13.0 Å². The maximum Gasteiger partial charge on any atom is 0.0555 e. The van der Waals surface area contributed by atoms with Crippen LogP contribution in [0.1, 0.15) is 30.1 Å². The first-order valence-corrected chi connectivity index (χ1v) is 8.90. The Morgan fingerprint density at radius 1 is 1.29 bits per heavy atom. The molecule has 2 atom stereocenters. The average molecular weight is 330 g/mol. The molecule has 0 aromatic carbocycles. The maximum absolute atomic E-state index is 4.38. The van der Waals surface area contributed by atoms with E-state index in [0.29, 0.717) is 12.0 Å². The summed E-state index contributed by atoms with van der Waals surface area (Å²) < 4.78 is 4.07. The van der Waals surface area contributed by atoms with Crippen LogP contribution in [-0.4, -0.2) is 63.1 Å². The fourth-order valence-electron chi connectivity index (χ4n) is 3.95. The van der Waals surface area contributed by atoms with Crippen LogP contribution < -0.4 is 0 Å². The van der Waals surface area contributed by atoms with Crippen molar-refractivity contribution in [2.45, 2.75) is 32.4 Å². The minimum absolute atomic E-state index is 0.459. The molecule has 0 aliphatic carbocycles. The molecule has 2 aromatic heterocycles. The van der Waals surface area contributed by atoms with Gasteiger partial charge in [-0.15, -0.1) is 0 Å². The lowest BCUT2D eigenvalue weighted by Gasteiger charge is -2.40. The summed E-state index contributed by atoms with van der Waals surface area (Å²) in [7, 11) is 6.53. The minimum atomic E-state index is 0.459. The zero-order chi connectivity index (χ0) is 17.1. The standard InChI is InChI=1S/C18H30N6/c1-15-12-20-24(13-15)11-10-21(2)14-16-6-5-9-22(3)18(16)17-7-8-19-23(17)4/h7-8,12-13,16,18H,5-6,9-11,14H2,1-4H3/t16-,18+/m0/s1. The van der Waals surface area contributed by atoms with Gasteiger partial charge in [0.15, 0.2) is 0 Å². The normalized spacial score (nSPS) is 22.4. The molecular formula is C18H30N6. The van der Waals surface area contributed by atoms with Crippen LogP contribution in [0.15, 0.2) is 24.7 Å². The van der Waals surface area contributed by atoms with Crippen molar-refractivity contribution < 1.29 is 0 Å². The van der Waals surface area contributed by atoms with Crippen LogP contribution in [0, 0.1) is 12.8 Å². The molecule has 2 aromatic rings. The lowest BCUT2D eigenvalue weighted by atomic mass is 9.87. The average Bonchev–Trinajstić information content (AvgIpc) is 3.14. The van der Waals surface area contributed by atoms with Gasteiger partial charge in [0.05, 0.1) is 24.5 Å². The zero-order valence-corrected chi connectivity index (χ0v) is 15.4. The number of rotatable bonds is 6. The molecule has 0 N–H and O–H groups in total. The predicted molar refractivity (Wildman–Crippen MR) is 95.8 cm³/mol. The number of hydrogen-bond donors (Lipinski definition) is 0. The van der Waals surface area contributed by atoms with Gasteiger partial charge < -0.3 is 4.90 Å². The molecule has 1 fully saturated rings. The second-order valence-electron chi connectivity index (χ2n) is 7.25. The van der Waals surface area contributed by atoms with Crippen LogP contribution in [0.5, 0.6) is 0 Å². The van der Waals surface area contributed by atoms with E-state index < -0.39 is 0 Å². The van der Waals surface area contributed by atoms with Crippen LogP contribution in [0.25, 0.3) is 0 Å². The molecule has 0 saturated carbocycles. The van der Waals surface area contributed by atoms with Gasteiger partial charge >= 0.3 is 0 Å². The molecule has 0 radical (unpaired) electrons. The van der Waals surface area contributed by atoms with Gasteiger partial charge in [0, 0.05) is 32.5 Å². The third-order valence-electron chi connectivity index (χ3n) is 5.19. The monoisotopic (exact) mass is 330 g/mol. The summed E-state index contributed by atoms with van der Waals surface area (Å²) in [4.78, 5) is 4.94. The summed E-state index contributed by atoms with van der Waals surface area (Å²) in [5, 5.41) is 8.77. The highest BCUT2D eigenvalue weighted by Crippen LogP contribution is 2.35. The zero-order valence-electron chi connectivity index (χ0n) is 15.4. The Morgan fingerprint density at radius 2 is 2.12 bits per heavy atom. The molecule has 0 unspecified atom stereocenters. The molecule has 1 aliphatic rings. The van der Waals surface area contributed by atoms with Crippen molar-refractivity contribution in [3.63, 3.8) is 0 Å². The molecule has 0 amide bonds. The van der Waals surface area contributed by atoms with Crippen molar-refractivity contribution in [2.75, 3.05) is 33.7 Å². The number of aromatic nitrogens is 4. The summed E-state index contributed by atoms with van der Waals surface area (Å²) in [6, 6.07) is 2.63. The molecule has 3 rings (SSSR count). The van der Waals surface area contributed by atoms with Crippen molar-refractivity contribution in [3.05, 3.63) is 35.9 Å². The SMILES string of the molecule is Cc1cnn(CCN(C)C[C@@H]2CCCN(C)[C@H]2c2ccnn2C)c1. The molecule has 1 saturated heterocycles. The number of piperidine rings is 1. The van der Waals surface area contributed by atoms with E-state index >= 15 is 0 Å². The van der Waals surface area contributed by atoms with E-state index in [4.69, 9.17) is 0 Å². The first-order chi connectivity index (χ1) is 11.5. The van der Waals surface area contributed by atoms with E-state index in [1.165, 1.54) is 30.6 Å². The molecular weight excluding hydrogens is 300 g/mol. The summed E-state index contributed by atoms with van der Waals surface area (Å²) in [6.45, 7) is 6.34. The molecule has 0 spiro atoms. The highest BCUT2D eigenvalue weighted by Gasteiger charge is 2.32. The molecule has 132 valence electrons. The number of likely N-dealkylation sites (tertiary alicyclic amines) is 1. The second kappa shape index (κ2) is 7.49. The molecule has 6 heteroatoms. The van der Waals surface area contributed by atoms with Gasteiger partial charge in [-0.3, -0.25) is 14.3 Å². The van der Waals surface area contributed by atoms with Gasteiger partial charge in [-0.25, -0.2) is 0 Å². The summed E-state index contributed by atoms with van der Waals surface area (Å²) in [5.41, 5.74) is 2.56. The van der Waals surface area contributed by atoms with E-state index in [1.54, 1.807) is 0 Å². The highest BCUT2D eigenvalue weighted by atomic mass is 15.3. The summed E-state index contributed by atoms with van der Waals surface area (Å²) in [5.74, 6) is 0.642. The van der Waals surface area contributed by atoms with Crippen LogP contribution in [0.4, 0.5) is 0 Å². The van der Waals surface area contributed by atoms with Gasteiger partial charge in [0.25, 0.3) is 0 Å². The Hall–Kier alpha value is -1.66. The Bertz CT molecular complexity index is 645. The second-order valence-corrected chi connectivity index (χ2v) is 7.25. The first-order valence-electron chi connectivity index (χ1n) is 8.90. The predicted octanol–water partition coefficient (Wildman–Crippen LogP) is 1.94. The Labute approximate surface area is 145 Å². The Kier molecular flexibility index (Phi) is 5.36. The fourth-order valence-corrected chi connectivity index (χ4v) is 3.95.